The van der Waals surface area contributed by atoms with Gasteiger partial charge in [-0.05, 0) is 43.2 Å². The first-order valence-corrected chi connectivity index (χ1v) is 8.33. The Morgan fingerprint density at radius 3 is 2.88 bits per heavy atom. The molecule has 0 bridgehead atoms. The molecule has 132 valence electrons. The number of hydrogen-bond acceptors (Lipinski definition) is 3. The standard InChI is InChI=1S/C20H21N5O/c1-5-7-24(8-6-2)20(26)18-11-16(22-23-18)12-25-13-21-17-9-14(3)15(4)10-19(17)25/h1,6,9-11,13H,2,7-8,12H2,3-4H3,(H,22,23). The largest absolute Gasteiger partial charge is 0.325 e. The van der Waals surface area contributed by atoms with Crippen molar-refractivity contribution in [1.29, 1.82) is 0 Å². The van der Waals surface area contributed by atoms with E-state index in [4.69, 9.17) is 6.42 Å². The summed E-state index contributed by atoms with van der Waals surface area (Å²) < 4.78 is 2.03. The van der Waals surface area contributed by atoms with Gasteiger partial charge in [0.15, 0.2) is 5.69 Å². The number of imidazole rings is 1. The van der Waals surface area contributed by atoms with Crippen LogP contribution in [0.2, 0.25) is 0 Å². The molecular weight excluding hydrogens is 326 g/mol. The minimum atomic E-state index is -0.215. The number of hydrogen-bond donors (Lipinski definition) is 1. The van der Waals surface area contributed by atoms with E-state index < -0.39 is 0 Å². The Kier molecular flexibility index (Phi) is 4.90. The van der Waals surface area contributed by atoms with Crippen molar-refractivity contribution in [2.45, 2.75) is 20.4 Å². The summed E-state index contributed by atoms with van der Waals surface area (Å²) in [7, 11) is 0. The van der Waals surface area contributed by atoms with Crippen LogP contribution in [0.25, 0.3) is 11.0 Å². The highest BCUT2D eigenvalue weighted by molar-refractivity contribution is 5.92. The molecule has 0 fully saturated rings. The maximum Gasteiger partial charge on any atom is 0.275 e. The van der Waals surface area contributed by atoms with Gasteiger partial charge < -0.3 is 9.47 Å². The second-order valence-electron chi connectivity index (χ2n) is 6.25. The zero-order valence-electron chi connectivity index (χ0n) is 15.0. The molecule has 0 aliphatic carbocycles. The minimum absolute atomic E-state index is 0.215. The number of nitrogens with one attached hydrogen (secondary N) is 1. The van der Waals surface area contributed by atoms with E-state index in [0.29, 0.717) is 18.8 Å². The summed E-state index contributed by atoms with van der Waals surface area (Å²) in [5, 5.41) is 7.07. The average Bonchev–Trinajstić information content (AvgIpc) is 3.23. The van der Waals surface area contributed by atoms with Crippen LogP contribution in [0.3, 0.4) is 0 Å². The molecule has 6 heteroatoms. The fourth-order valence-corrected chi connectivity index (χ4v) is 2.82. The number of amides is 1. The van der Waals surface area contributed by atoms with Gasteiger partial charge in [0, 0.05) is 6.54 Å². The summed E-state index contributed by atoms with van der Waals surface area (Å²) in [6, 6.07) is 5.96. The van der Waals surface area contributed by atoms with E-state index in [1.807, 2.05) is 4.57 Å². The molecule has 2 aromatic heterocycles. The van der Waals surface area contributed by atoms with Crippen LogP contribution in [0, 0.1) is 26.2 Å². The van der Waals surface area contributed by atoms with Crippen LogP contribution in [0.15, 0.2) is 37.2 Å². The number of aryl methyl sites for hydroxylation is 2. The monoisotopic (exact) mass is 347 g/mol. The van der Waals surface area contributed by atoms with Gasteiger partial charge in [-0.1, -0.05) is 12.0 Å². The van der Waals surface area contributed by atoms with E-state index in [1.54, 1.807) is 18.5 Å². The Labute approximate surface area is 152 Å². The fourth-order valence-electron chi connectivity index (χ4n) is 2.82. The summed E-state index contributed by atoms with van der Waals surface area (Å²) in [5.41, 5.74) is 5.60. The van der Waals surface area contributed by atoms with E-state index in [2.05, 4.69) is 53.7 Å². The Bertz CT molecular complexity index is 1010. The summed E-state index contributed by atoms with van der Waals surface area (Å²) >= 11 is 0. The topological polar surface area (TPSA) is 66.8 Å². The van der Waals surface area contributed by atoms with Crippen molar-refractivity contribution in [3.63, 3.8) is 0 Å². The lowest BCUT2D eigenvalue weighted by molar-refractivity contribution is 0.0787. The fraction of sp³-hybridized carbons (Fsp3) is 0.250. The van der Waals surface area contributed by atoms with Crippen LogP contribution in [0.5, 0.6) is 0 Å². The van der Waals surface area contributed by atoms with Crippen molar-refractivity contribution in [2.24, 2.45) is 0 Å². The van der Waals surface area contributed by atoms with Crippen molar-refractivity contribution < 1.29 is 4.79 Å². The number of nitrogens with zero attached hydrogens (tertiary/aromatic N) is 4. The molecule has 6 nitrogen and oxygen atoms in total. The Morgan fingerprint density at radius 1 is 1.38 bits per heavy atom. The number of benzene rings is 1. The van der Waals surface area contributed by atoms with Crippen molar-refractivity contribution in [2.75, 3.05) is 13.1 Å². The number of aromatic nitrogens is 4. The molecular formula is C20H21N5O. The molecule has 0 radical (unpaired) electrons. The van der Waals surface area contributed by atoms with E-state index in [9.17, 15) is 4.79 Å². The minimum Gasteiger partial charge on any atom is -0.325 e. The smallest absolute Gasteiger partial charge is 0.275 e. The molecule has 3 aromatic rings. The molecule has 0 unspecified atom stereocenters. The van der Waals surface area contributed by atoms with Gasteiger partial charge in [0.1, 0.15) is 0 Å². The van der Waals surface area contributed by atoms with E-state index in [1.165, 1.54) is 16.0 Å². The van der Waals surface area contributed by atoms with Crippen LogP contribution < -0.4 is 0 Å². The molecule has 3 rings (SSSR count). The van der Waals surface area contributed by atoms with Crippen molar-refractivity contribution in [3.05, 3.63) is 59.7 Å². The number of rotatable bonds is 6. The van der Waals surface area contributed by atoms with Gasteiger partial charge in [-0.2, -0.15) is 5.10 Å². The predicted octanol–water partition coefficient (Wildman–Crippen LogP) is 2.69. The van der Waals surface area contributed by atoms with E-state index in [-0.39, 0.29) is 12.5 Å². The second-order valence-corrected chi connectivity index (χ2v) is 6.25. The quantitative estimate of drug-likeness (QED) is 0.551. The van der Waals surface area contributed by atoms with Crippen molar-refractivity contribution in [3.8, 4) is 12.3 Å². The summed E-state index contributed by atoms with van der Waals surface area (Å²) in [5.74, 6) is 2.27. The molecule has 0 atom stereocenters. The lowest BCUT2D eigenvalue weighted by Gasteiger charge is -2.16. The van der Waals surface area contributed by atoms with Gasteiger partial charge in [-0.25, -0.2) is 4.98 Å². The molecule has 0 saturated carbocycles. The van der Waals surface area contributed by atoms with Crippen LogP contribution in [0.1, 0.15) is 27.3 Å². The Hall–Kier alpha value is -3.33. The Balaban J connectivity index is 1.83. The number of H-pyrrole nitrogens is 1. The number of carbonyl (C=O) groups excluding carboxylic acids is 1. The van der Waals surface area contributed by atoms with Gasteiger partial charge in [0.25, 0.3) is 5.91 Å². The highest BCUT2D eigenvalue weighted by Gasteiger charge is 2.17. The first-order valence-electron chi connectivity index (χ1n) is 8.33. The first-order chi connectivity index (χ1) is 12.5. The van der Waals surface area contributed by atoms with E-state index in [0.717, 1.165) is 16.7 Å². The highest BCUT2D eigenvalue weighted by atomic mass is 16.2. The summed E-state index contributed by atoms with van der Waals surface area (Å²) in [6.45, 7) is 8.97. The number of aromatic amines is 1. The van der Waals surface area contributed by atoms with Crippen LogP contribution in [-0.4, -0.2) is 43.6 Å². The molecule has 26 heavy (non-hydrogen) atoms. The number of fused-ring (bicyclic) bond motifs is 1. The predicted molar refractivity (Wildman–Crippen MR) is 102 cm³/mol. The third-order valence-corrected chi connectivity index (χ3v) is 4.35. The average molecular weight is 347 g/mol. The number of carbonyl (C=O) groups is 1. The van der Waals surface area contributed by atoms with E-state index >= 15 is 0 Å². The summed E-state index contributed by atoms with van der Waals surface area (Å²) in [4.78, 5) is 18.5. The SMILES string of the molecule is C#CCN(CC=C)C(=O)c1cc(Cn2cnc3cc(C)c(C)cc32)[nH]n1. The third-order valence-electron chi connectivity index (χ3n) is 4.35. The van der Waals surface area contributed by atoms with Gasteiger partial charge in [0.05, 0.1) is 36.1 Å². The molecule has 1 aromatic carbocycles. The van der Waals surface area contributed by atoms with Gasteiger partial charge in [0.2, 0.25) is 0 Å². The van der Waals surface area contributed by atoms with Gasteiger partial charge >= 0.3 is 0 Å². The number of terminal acetylenes is 1. The molecule has 0 aliphatic rings. The lowest BCUT2D eigenvalue weighted by atomic mass is 10.1. The summed E-state index contributed by atoms with van der Waals surface area (Å²) in [6.07, 6.45) is 8.77. The maximum atomic E-state index is 12.5. The van der Waals surface area contributed by atoms with Crippen molar-refractivity contribution in [1.82, 2.24) is 24.6 Å². The molecule has 1 amide bonds. The normalized spacial score (nSPS) is 10.7. The lowest BCUT2D eigenvalue weighted by Crippen LogP contribution is -2.31. The molecule has 1 N–H and O–H groups in total. The Morgan fingerprint density at radius 2 is 2.15 bits per heavy atom. The van der Waals surface area contributed by atoms with Crippen LogP contribution in [-0.2, 0) is 6.54 Å². The third kappa shape index (κ3) is 3.38. The molecule has 0 spiro atoms. The first kappa shape index (κ1) is 17.5. The van der Waals surface area contributed by atoms with Crippen LogP contribution >= 0.6 is 0 Å². The second kappa shape index (κ2) is 7.28. The molecule has 2 heterocycles. The van der Waals surface area contributed by atoms with Gasteiger partial charge in [-0.15, -0.1) is 13.0 Å². The zero-order chi connectivity index (χ0) is 18.7. The van der Waals surface area contributed by atoms with Crippen LogP contribution in [0.4, 0.5) is 0 Å². The molecule has 0 saturated heterocycles. The highest BCUT2D eigenvalue weighted by Crippen LogP contribution is 2.19. The molecule has 0 aliphatic heterocycles. The maximum absolute atomic E-state index is 12.5. The van der Waals surface area contributed by atoms with Gasteiger partial charge in [-0.3, -0.25) is 9.89 Å². The van der Waals surface area contributed by atoms with Crippen molar-refractivity contribution >= 4 is 16.9 Å². The zero-order valence-corrected chi connectivity index (χ0v) is 15.0.